The average Bonchev–Trinajstić information content (AvgIpc) is 2.65. The maximum Gasteiger partial charge on any atom is 0.145 e. The van der Waals surface area contributed by atoms with E-state index in [4.69, 9.17) is 17.3 Å². The number of nitrogens with zero attached hydrogens (tertiary/aromatic N) is 2. The minimum absolute atomic E-state index is 0.171. The Morgan fingerprint density at radius 1 is 1.38 bits per heavy atom. The summed E-state index contributed by atoms with van der Waals surface area (Å²) in [6.07, 6.45) is 4.29. The molecule has 0 amide bonds. The first-order valence-electron chi connectivity index (χ1n) is 4.93. The summed E-state index contributed by atoms with van der Waals surface area (Å²) in [6.45, 7) is 1.95. The Hall–Kier alpha value is -0.970. The zero-order valence-corrected chi connectivity index (χ0v) is 10.4. The van der Waals surface area contributed by atoms with Gasteiger partial charge in [0.1, 0.15) is 5.82 Å². The van der Waals surface area contributed by atoms with Gasteiger partial charge in [0, 0.05) is 23.7 Å². The molecule has 0 fully saturated rings. The van der Waals surface area contributed by atoms with Crippen molar-refractivity contribution in [3.8, 4) is 0 Å². The van der Waals surface area contributed by atoms with Crippen LogP contribution >= 0.6 is 22.9 Å². The highest BCUT2D eigenvalue weighted by Gasteiger charge is 2.11. The summed E-state index contributed by atoms with van der Waals surface area (Å²) in [5, 5.41) is 0. The summed E-state index contributed by atoms with van der Waals surface area (Å²) in [7, 11) is 0. The van der Waals surface area contributed by atoms with Crippen molar-refractivity contribution in [2.75, 3.05) is 0 Å². The van der Waals surface area contributed by atoms with Crippen LogP contribution in [-0.4, -0.2) is 9.97 Å². The molecule has 0 aliphatic heterocycles. The molecule has 5 heteroatoms. The van der Waals surface area contributed by atoms with Gasteiger partial charge in [0.05, 0.1) is 10.4 Å². The first-order chi connectivity index (χ1) is 7.65. The van der Waals surface area contributed by atoms with E-state index in [-0.39, 0.29) is 6.04 Å². The molecule has 0 spiro atoms. The molecule has 1 atom stereocenters. The Morgan fingerprint density at radius 3 is 2.62 bits per heavy atom. The lowest BCUT2D eigenvalue weighted by atomic mass is 10.2. The van der Waals surface area contributed by atoms with E-state index >= 15 is 0 Å². The Labute approximate surface area is 103 Å². The molecule has 2 aromatic heterocycles. The maximum absolute atomic E-state index is 6.02. The molecule has 0 aliphatic rings. The lowest BCUT2D eigenvalue weighted by Gasteiger charge is -2.08. The van der Waals surface area contributed by atoms with Crippen LogP contribution in [0.25, 0.3) is 0 Å². The molecule has 2 rings (SSSR count). The van der Waals surface area contributed by atoms with Crippen molar-refractivity contribution in [1.82, 2.24) is 9.97 Å². The maximum atomic E-state index is 6.02. The van der Waals surface area contributed by atoms with Crippen molar-refractivity contribution in [3.63, 3.8) is 0 Å². The van der Waals surface area contributed by atoms with Gasteiger partial charge in [-0.05, 0) is 24.6 Å². The minimum atomic E-state index is -0.171. The number of aromatic nitrogens is 2. The lowest BCUT2D eigenvalue weighted by Crippen LogP contribution is -2.16. The van der Waals surface area contributed by atoms with Crippen molar-refractivity contribution < 1.29 is 0 Å². The van der Waals surface area contributed by atoms with Crippen LogP contribution in [0.4, 0.5) is 0 Å². The van der Waals surface area contributed by atoms with Crippen LogP contribution in [-0.2, 0) is 6.42 Å². The van der Waals surface area contributed by atoms with E-state index in [1.807, 2.05) is 19.1 Å². The van der Waals surface area contributed by atoms with Crippen LogP contribution in [0.1, 0.15) is 22.3 Å². The molecule has 0 aliphatic carbocycles. The van der Waals surface area contributed by atoms with Crippen LogP contribution in [0.2, 0.25) is 4.34 Å². The standard InChI is InChI=1S/C11H12ClN3S/c1-7-5-14-11(15-6-7)9(13)4-8-2-3-10(12)16-8/h2-3,5-6,9H,4,13H2,1H3. The third-order valence-corrected chi connectivity index (χ3v) is 3.44. The summed E-state index contributed by atoms with van der Waals surface area (Å²) < 4.78 is 0.784. The molecule has 16 heavy (non-hydrogen) atoms. The number of nitrogens with two attached hydrogens (primary N) is 1. The summed E-state index contributed by atoms with van der Waals surface area (Å²) in [4.78, 5) is 9.59. The van der Waals surface area contributed by atoms with Crippen molar-refractivity contribution in [2.45, 2.75) is 19.4 Å². The minimum Gasteiger partial charge on any atom is -0.321 e. The number of aryl methyl sites for hydroxylation is 1. The SMILES string of the molecule is Cc1cnc(C(N)Cc2ccc(Cl)s2)nc1. The third kappa shape index (κ3) is 2.78. The smallest absolute Gasteiger partial charge is 0.145 e. The summed E-state index contributed by atoms with van der Waals surface area (Å²) in [5.74, 6) is 0.676. The average molecular weight is 254 g/mol. The number of halogens is 1. The molecule has 84 valence electrons. The quantitative estimate of drug-likeness (QED) is 0.915. The number of rotatable bonds is 3. The van der Waals surface area contributed by atoms with E-state index in [9.17, 15) is 0 Å². The fourth-order valence-electron chi connectivity index (χ4n) is 1.36. The van der Waals surface area contributed by atoms with Crippen LogP contribution in [0.5, 0.6) is 0 Å². The molecule has 0 saturated carbocycles. The van der Waals surface area contributed by atoms with Gasteiger partial charge < -0.3 is 5.73 Å². The van der Waals surface area contributed by atoms with Gasteiger partial charge in [-0.25, -0.2) is 9.97 Å². The lowest BCUT2D eigenvalue weighted by molar-refractivity contribution is 0.671. The molecule has 0 saturated heterocycles. The highest BCUT2D eigenvalue weighted by atomic mass is 35.5. The monoisotopic (exact) mass is 253 g/mol. The second-order valence-electron chi connectivity index (χ2n) is 3.64. The topological polar surface area (TPSA) is 51.8 Å². The predicted molar refractivity (Wildman–Crippen MR) is 66.7 cm³/mol. The number of hydrogen-bond donors (Lipinski definition) is 1. The van der Waals surface area contributed by atoms with Gasteiger partial charge in [0.2, 0.25) is 0 Å². The molecule has 2 N–H and O–H groups in total. The largest absolute Gasteiger partial charge is 0.321 e. The molecule has 2 aromatic rings. The fourth-order valence-corrected chi connectivity index (χ4v) is 2.51. The van der Waals surface area contributed by atoms with Gasteiger partial charge in [-0.3, -0.25) is 0 Å². The van der Waals surface area contributed by atoms with E-state index in [0.29, 0.717) is 5.82 Å². The first kappa shape index (κ1) is 11.5. The van der Waals surface area contributed by atoms with E-state index in [1.165, 1.54) is 0 Å². The van der Waals surface area contributed by atoms with Gasteiger partial charge in [0.15, 0.2) is 0 Å². The molecule has 0 aromatic carbocycles. The van der Waals surface area contributed by atoms with Gasteiger partial charge in [0.25, 0.3) is 0 Å². The molecule has 2 heterocycles. The van der Waals surface area contributed by atoms with E-state index in [0.717, 1.165) is 21.2 Å². The summed E-state index contributed by atoms with van der Waals surface area (Å²) in [5.41, 5.74) is 7.06. The molecule has 0 radical (unpaired) electrons. The zero-order chi connectivity index (χ0) is 11.5. The Bertz CT molecular complexity index is 466. The molecular weight excluding hydrogens is 242 g/mol. The first-order valence-corrected chi connectivity index (χ1v) is 6.13. The highest BCUT2D eigenvalue weighted by Crippen LogP contribution is 2.24. The summed E-state index contributed by atoms with van der Waals surface area (Å²) in [6, 6.07) is 3.70. The van der Waals surface area contributed by atoms with Crippen LogP contribution < -0.4 is 5.73 Å². The van der Waals surface area contributed by atoms with Crippen molar-refractivity contribution in [3.05, 3.63) is 45.1 Å². The van der Waals surface area contributed by atoms with Gasteiger partial charge in [-0.15, -0.1) is 11.3 Å². The summed E-state index contributed by atoms with van der Waals surface area (Å²) >= 11 is 7.40. The predicted octanol–water partition coefficient (Wildman–Crippen LogP) is 2.74. The number of thiophene rings is 1. The Balaban J connectivity index is 2.08. The zero-order valence-electron chi connectivity index (χ0n) is 8.85. The highest BCUT2D eigenvalue weighted by molar-refractivity contribution is 7.16. The second-order valence-corrected chi connectivity index (χ2v) is 5.43. The third-order valence-electron chi connectivity index (χ3n) is 2.18. The molecule has 1 unspecified atom stereocenters. The molecular formula is C11H12ClN3S. The van der Waals surface area contributed by atoms with E-state index < -0.39 is 0 Å². The van der Waals surface area contributed by atoms with E-state index in [2.05, 4.69) is 9.97 Å². The normalized spacial score (nSPS) is 12.7. The van der Waals surface area contributed by atoms with Gasteiger partial charge >= 0.3 is 0 Å². The van der Waals surface area contributed by atoms with Crippen LogP contribution in [0, 0.1) is 6.92 Å². The second kappa shape index (κ2) is 4.91. The van der Waals surface area contributed by atoms with Crippen LogP contribution in [0.3, 0.4) is 0 Å². The molecule has 0 bridgehead atoms. The molecule has 3 nitrogen and oxygen atoms in total. The Morgan fingerprint density at radius 2 is 2.06 bits per heavy atom. The Kier molecular flexibility index (Phi) is 3.53. The van der Waals surface area contributed by atoms with Crippen molar-refractivity contribution >= 4 is 22.9 Å². The van der Waals surface area contributed by atoms with Gasteiger partial charge in [-0.2, -0.15) is 0 Å². The van der Waals surface area contributed by atoms with Crippen molar-refractivity contribution in [2.24, 2.45) is 5.73 Å². The van der Waals surface area contributed by atoms with Crippen LogP contribution in [0.15, 0.2) is 24.5 Å². The van der Waals surface area contributed by atoms with Gasteiger partial charge in [-0.1, -0.05) is 11.6 Å². The van der Waals surface area contributed by atoms with Crippen molar-refractivity contribution in [1.29, 1.82) is 0 Å². The number of hydrogen-bond acceptors (Lipinski definition) is 4. The van der Waals surface area contributed by atoms with E-state index in [1.54, 1.807) is 23.7 Å². The fraction of sp³-hybridized carbons (Fsp3) is 0.273.